The third-order valence-electron chi connectivity index (χ3n) is 16.7. The van der Waals surface area contributed by atoms with Crippen LogP contribution in [0.4, 0.5) is 0 Å². The Bertz CT molecular complexity index is 2900. The number of aliphatic hydroxyl groups excluding tert-OH is 5. The highest BCUT2D eigenvalue weighted by Gasteiger charge is 2.79. The van der Waals surface area contributed by atoms with Crippen LogP contribution >= 0.6 is 0 Å². The van der Waals surface area contributed by atoms with Gasteiger partial charge in [-0.3, -0.25) is 28.8 Å². The van der Waals surface area contributed by atoms with Crippen molar-refractivity contribution in [2.24, 2.45) is 16.7 Å². The third-order valence-corrected chi connectivity index (χ3v) is 16.7. The molecule has 2 unspecified atom stereocenters. The Morgan fingerprint density at radius 3 is 1.98 bits per heavy atom. The molecular formula is C58H68N2O21. The van der Waals surface area contributed by atoms with Gasteiger partial charge in [0.15, 0.2) is 29.8 Å². The van der Waals surface area contributed by atoms with E-state index in [-0.39, 0.29) is 35.1 Å². The van der Waals surface area contributed by atoms with Gasteiger partial charge in [0.05, 0.1) is 36.2 Å². The van der Waals surface area contributed by atoms with Crippen LogP contribution in [-0.2, 0) is 61.9 Å². The Kier molecular flexibility index (Phi) is 17.7. The number of ether oxygens (including phenoxy) is 7. The van der Waals surface area contributed by atoms with Gasteiger partial charge in [-0.1, -0.05) is 80.6 Å². The second kappa shape index (κ2) is 23.9. The van der Waals surface area contributed by atoms with E-state index in [0.29, 0.717) is 5.56 Å². The van der Waals surface area contributed by atoms with Gasteiger partial charge in [0.1, 0.15) is 54.4 Å². The minimum absolute atomic E-state index is 0.0255. The summed E-state index contributed by atoms with van der Waals surface area (Å²) in [6, 6.07) is 22.3. The quantitative estimate of drug-likeness (QED) is 0.0537. The molecule has 0 aromatic heterocycles. The van der Waals surface area contributed by atoms with Crippen LogP contribution < -0.4 is 10.6 Å². The summed E-state index contributed by atoms with van der Waals surface area (Å²) in [5, 5.41) is 71.5. The van der Waals surface area contributed by atoms with Crippen molar-refractivity contribution in [3.05, 3.63) is 119 Å². The van der Waals surface area contributed by atoms with Crippen LogP contribution in [0.5, 0.6) is 0 Å². The maximum atomic E-state index is 16.3. The van der Waals surface area contributed by atoms with E-state index in [1.165, 1.54) is 52.0 Å². The van der Waals surface area contributed by atoms with Crippen molar-refractivity contribution in [3.8, 4) is 0 Å². The molecule has 16 atom stereocenters. The van der Waals surface area contributed by atoms with E-state index in [0.717, 1.165) is 13.8 Å². The molecule has 2 aliphatic heterocycles. The van der Waals surface area contributed by atoms with Crippen molar-refractivity contribution in [1.82, 2.24) is 10.6 Å². The topological polar surface area (TPSA) is 347 Å². The first-order valence-electron chi connectivity index (χ1n) is 26.6. The van der Waals surface area contributed by atoms with Crippen molar-refractivity contribution in [1.29, 1.82) is 0 Å². The monoisotopic (exact) mass is 1130 g/mol. The number of benzene rings is 3. The van der Waals surface area contributed by atoms with Crippen molar-refractivity contribution < 1.29 is 102 Å². The number of esters is 5. The van der Waals surface area contributed by atoms with Gasteiger partial charge < -0.3 is 74.4 Å². The van der Waals surface area contributed by atoms with E-state index >= 15 is 4.79 Å². The Labute approximate surface area is 465 Å². The summed E-state index contributed by atoms with van der Waals surface area (Å²) in [6.07, 6.45) is -20.8. The molecule has 2 bridgehead atoms. The minimum atomic E-state index is -2.57. The predicted molar refractivity (Wildman–Crippen MR) is 277 cm³/mol. The molecule has 4 fully saturated rings. The Morgan fingerprint density at radius 1 is 0.778 bits per heavy atom. The number of carbonyl (C=O) groups is 8. The zero-order valence-electron chi connectivity index (χ0n) is 45.4. The average Bonchev–Trinajstić information content (AvgIpc) is 2.16. The van der Waals surface area contributed by atoms with E-state index in [4.69, 9.17) is 33.2 Å². The standard InChI is InChI=1S/C58H68N2O21/c1-29-35(78-54(73)44(67)42(32-17-10-7-11-18-32)60-51(71)33-19-12-8-13-20-33)26-58(74)50(80-53(72)34-21-14-9-15-22-34)48-56(6,49(70)47(76-30(2)62)41(29)55(58,4)5)37(25-38-57(48,28-75-38)81-31(3)63)79-40(65)24-16-23-39(64)59-52-46(69)45(68)43(66)36(27-61)77-52/h7-15,17-22,35-38,42-48,50,52,61,66-69,74H,16,23-28H2,1-6H3,(H,59,64)(H,60,71)/t35-,36+,37-,38+,42-,43+,44+,45-,46+,47+,48?,50?,52+,56+,57-,58+/m0/s1. The van der Waals surface area contributed by atoms with Crippen molar-refractivity contribution in [2.75, 3.05) is 13.2 Å². The summed E-state index contributed by atoms with van der Waals surface area (Å²) in [6.45, 7) is 6.73. The van der Waals surface area contributed by atoms with Gasteiger partial charge in [-0.25, -0.2) is 9.59 Å². The molecule has 0 spiro atoms. The van der Waals surface area contributed by atoms with Gasteiger partial charge in [-0.2, -0.15) is 0 Å². The first-order valence-corrected chi connectivity index (χ1v) is 26.6. The first kappa shape index (κ1) is 60.1. The number of fused-ring (bicyclic) bond motifs is 5. The van der Waals surface area contributed by atoms with E-state index in [1.54, 1.807) is 66.7 Å². The highest BCUT2D eigenvalue weighted by atomic mass is 16.6. The van der Waals surface area contributed by atoms with Gasteiger partial charge in [0, 0.05) is 50.5 Å². The highest BCUT2D eigenvalue weighted by Crippen LogP contribution is 2.65. The lowest BCUT2D eigenvalue weighted by Crippen LogP contribution is -2.82. The van der Waals surface area contributed by atoms with Crippen molar-refractivity contribution in [2.45, 2.75) is 158 Å². The summed E-state index contributed by atoms with van der Waals surface area (Å²) < 4.78 is 42.6. The second-order valence-corrected chi connectivity index (χ2v) is 22.0. The molecule has 0 radical (unpaired) electrons. The third kappa shape index (κ3) is 11.4. The van der Waals surface area contributed by atoms with Gasteiger partial charge in [-0.15, -0.1) is 0 Å². The van der Waals surface area contributed by atoms with Crippen LogP contribution in [0.2, 0.25) is 0 Å². The maximum Gasteiger partial charge on any atom is 0.338 e. The number of nitrogens with one attached hydrogen (secondary N) is 2. The van der Waals surface area contributed by atoms with Crippen LogP contribution in [0.3, 0.4) is 0 Å². The van der Waals surface area contributed by atoms with Crippen molar-refractivity contribution >= 4 is 47.4 Å². The van der Waals surface area contributed by atoms with Crippen LogP contribution in [0.25, 0.3) is 0 Å². The number of rotatable bonds is 17. The molecule has 2 saturated heterocycles. The molecule has 8 N–H and O–H groups in total. The Morgan fingerprint density at radius 2 is 1.40 bits per heavy atom. The van der Waals surface area contributed by atoms with E-state index in [2.05, 4.69) is 10.6 Å². The molecule has 3 aliphatic carbocycles. The van der Waals surface area contributed by atoms with Gasteiger partial charge in [-0.05, 0) is 61.2 Å². The fourth-order valence-electron chi connectivity index (χ4n) is 12.4. The molecule has 81 heavy (non-hydrogen) atoms. The number of Topliss-reactive ketones (excluding diaryl/α,β-unsaturated/α-hetero) is 1. The van der Waals surface area contributed by atoms with Crippen LogP contribution in [0.15, 0.2) is 102 Å². The number of ketones is 1. The Hall–Kier alpha value is -6.96. The second-order valence-electron chi connectivity index (χ2n) is 22.0. The SMILES string of the molecule is CC(=O)O[C@H]1C(=O)[C@@]2(C)C(C(OC(=O)c3ccccc3)[C@]3(O)C[C@H](OC(=O)[C@H](O)[C@@H](NC(=O)c4ccccc4)c4ccccc4)C(C)=C1C3(C)C)[C@]1(OC(C)=O)CO[C@@H]1C[C@@H]2OC(=O)CCCC(=O)N[C@@H]1O[C@H](CO)[C@@H](O)[C@H](O)[C@H]1O. The summed E-state index contributed by atoms with van der Waals surface area (Å²) in [4.78, 5) is 113. The fourth-order valence-corrected chi connectivity index (χ4v) is 12.4. The highest BCUT2D eigenvalue weighted by molar-refractivity contribution is 5.96. The lowest BCUT2D eigenvalue weighted by molar-refractivity contribution is -0.346. The Balaban J connectivity index is 1.20. The maximum absolute atomic E-state index is 16.3. The fraction of sp³-hybridized carbons (Fsp3) is 0.517. The van der Waals surface area contributed by atoms with Gasteiger partial charge in [0.2, 0.25) is 5.91 Å². The molecule has 3 aromatic rings. The van der Waals surface area contributed by atoms with E-state index in [9.17, 15) is 64.2 Å². The number of carbonyl (C=O) groups excluding carboxylic acids is 8. The molecular weight excluding hydrogens is 1060 g/mol. The molecule has 2 heterocycles. The smallest absolute Gasteiger partial charge is 0.338 e. The lowest BCUT2D eigenvalue weighted by Gasteiger charge is -2.67. The molecule has 5 aliphatic rings. The average molecular weight is 1130 g/mol. The zero-order valence-corrected chi connectivity index (χ0v) is 45.4. The molecule has 2 amide bonds. The van der Waals surface area contributed by atoms with Gasteiger partial charge in [0.25, 0.3) is 5.91 Å². The van der Waals surface area contributed by atoms with Crippen molar-refractivity contribution in [3.63, 3.8) is 0 Å². The minimum Gasteiger partial charge on any atom is -0.461 e. The largest absolute Gasteiger partial charge is 0.461 e. The molecule has 23 heteroatoms. The summed E-state index contributed by atoms with van der Waals surface area (Å²) >= 11 is 0. The number of hydrogen-bond donors (Lipinski definition) is 8. The number of hydrogen-bond acceptors (Lipinski definition) is 21. The molecule has 8 rings (SSSR count). The van der Waals surface area contributed by atoms with Crippen LogP contribution in [-0.4, -0.2) is 170 Å². The van der Waals surface area contributed by atoms with Crippen LogP contribution in [0, 0.1) is 16.7 Å². The summed E-state index contributed by atoms with van der Waals surface area (Å²) in [5.41, 5.74) is -8.20. The zero-order chi connectivity index (χ0) is 58.9. The predicted octanol–water partition coefficient (Wildman–Crippen LogP) is 1.37. The first-order chi connectivity index (χ1) is 38.3. The van der Waals surface area contributed by atoms with Crippen LogP contribution in [0.1, 0.15) is 106 Å². The molecule has 436 valence electrons. The van der Waals surface area contributed by atoms with Gasteiger partial charge >= 0.3 is 29.8 Å². The van der Waals surface area contributed by atoms with E-state index in [1.807, 2.05) is 0 Å². The summed E-state index contributed by atoms with van der Waals surface area (Å²) in [5.74, 6) is -9.38. The molecule has 2 saturated carbocycles. The lowest BCUT2D eigenvalue weighted by atomic mass is 9.44. The normalized spacial score (nSPS) is 32.7. The summed E-state index contributed by atoms with van der Waals surface area (Å²) in [7, 11) is 0. The number of aliphatic hydroxyl groups is 6. The van der Waals surface area contributed by atoms with E-state index < -0.39 is 181 Å². The molecule has 3 aromatic carbocycles. The molecule has 23 nitrogen and oxygen atoms in total. The number of amides is 2.